The van der Waals surface area contributed by atoms with Crippen molar-refractivity contribution in [3.63, 3.8) is 0 Å². The molecule has 0 spiro atoms. The van der Waals surface area contributed by atoms with E-state index in [4.69, 9.17) is 0 Å². The van der Waals surface area contributed by atoms with E-state index < -0.39 is 16.7 Å². The van der Waals surface area contributed by atoms with Crippen molar-refractivity contribution in [1.82, 2.24) is 18.7 Å². The molecule has 2 heterocycles. The monoisotopic (exact) mass is 592 g/mol. The summed E-state index contributed by atoms with van der Waals surface area (Å²) >= 11 is 0. The van der Waals surface area contributed by atoms with Gasteiger partial charge >= 0.3 is 0 Å². The van der Waals surface area contributed by atoms with E-state index in [1.165, 1.54) is 0 Å². The SMILES string of the molecule is Cc1c(C(c2cc(C(C)(C)C)c(O)c(C(C)(C)C)c2)c2c(C)n(C)n(-c3ccccc3)c2=O)c(=O)n(-c2ccccc2)n1C. The first-order valence-corrected chi connectivity index (χ1v) is 15.1. The van der Waals surface area contributed by atoms with E-state index >= 15 is 0 Å². The molecule has 0 aliphatic heterocycles. The molecule has 0 unspecified atom stereocenters. The molecule has 0 radical (unpaired) electrons. The smallest absolute Gasteiger partial charge is 0.275 e. The number of phenols is 1. The number of aromatic nitrogens is 4. The lowest BCUT2D eigenvalue weighted by Gasteiger charge is -2.30. The summed E-state index contributed by atoms with van der Waals surface area (Å²) in [6.07, 6.45) is 0. The largest absolute Gasteiger partial charge is 0.507 e. The van der Waals surface area contributed by atoms with E-state index in [9.17, 15) is 14.7 Å². The van der Waals surface area contributed by atoms with Crippen LogP contribution < -0.4 is 11.1 Å². The van der Waals surface area contributed by atoms with Gasteiger partial charge in [-0.2, -0.15) is 0 Å². The molecule has 0 aliphatic rings. The van der Waals surface area contributed by atoms with Crippen LogP contribution in [0, 0.1) is 13.8 Å². The molecular formula is C37H44N4O3. The van der Waals surface area contributed by atoms with Crippen molar-refractivity contribution in [2.75, 3.05) is 0 Å². The summed E-state index contributed by atoms with van der Waals surface area (Å²) in [6.45, 7) is 16.3. The van der Waals surface area contributed by atoms with Gasteiger partial charge in [0.05, 0.1) is 22.5 Å². The third-order valence-corrected chi connectivity index (χ3v) is 8.86. The zero-order chi connectivity index (χ0) is 32.3. The van der Waals surface area contributed by atoms with Gasteiger partial charge in [-0.25, -0.2) is 9.36 Å². The third-order valence-electron chi connectivity index (χ3n) is 8.86. The summed E-state index contributed by atoms with van der Waals surface area (Å²) in [7, 11) is 3.75. The van der Waals surface area contributed by atoms with E-state index in [-0.39, 0.29) is 16.9 Å². The molecule has 0 atom stereocenters. The van der Waals surface area contributed by atoms with Crippen LogP contribution >= 0.6 is 0 Å². The maximum absolute atomic E-state index is 14.6. The number of hydrogen-bond donors (Lipinski definition) is 1. The van der Waals surface area contributed by atoms with Crippen molar-refractivity contribution in [1.29, 1.82) is 0 Å². The Morgan fingerprint density at radius 1 is 0.614 bits per heavy atom. The lowest BCUT2D eigenvalue weighted by atomic mass is 9.75. The van der Waals surface area contributed by atoms with Crippen molar-refractivity contribution in [2.24, 2.45) is 14.1 Å². The van der Waals surface area contributed by atoms with Gasteiger partial charge in [0.15, 0.2) is 0 Å². The van der Waals surface area contributed by atoms with Gasteiger partial charge in [0, 0.05) is 31.4 Å². The number of aromatic hydroxyl groups is 1. The second-order valence-corrected chi connectivity index (χ2v) is 13.8. The quantitative estimate of drug-likeness (QED) is 0.245. The van der Waals surface area contributed by atoms with Gasteiger partial charge in [0.2, 0.25) is 0 Å². The minimum Gasteiger partial charge on any atom is -0.507 e. The lowest BCUT2D eigenvalue weighted by molar-refractivity contribution is 0.422. The number of rotatable bonds is 5. The predicted molar refractivity (Wildman–Crippen MR) is 178 cm³/mol. The Kier molecular flexibility index (Phi) is 7.65. The van der Waals surface area contributed by atoms with Crippen LogP contribution in [0.3, 0.4) is 0 Å². The number of benzene rings is 3. The first kappa shape index (κ1) is 30.9. The van der Waals surface area contributed by atoms with Gasteiger partial charge in [-0.05, 0) is 65.6 Å². The minimum atomic E-state index is -0.690. The van der Waals surface area contributed by atoms with E-state index in [0.717, 1.165) is 39.5 Å². The molecule has 0 amide bonds. The summed E-state index contributed by atoms with van der Waals surface area (Å²) in [6, 6.07) is 23.1. The lowest BCUT2D eigenvalue weighted by Crippen LogP contribution is -2.27. The van der Waals surface area contributed by atoms with Crippen molar-refractivity contribution in [3.05, 3.63) is 133 Å². The van der Waals surface area contributed by atoms with Crippen LogP contribution in [0.4, 0.5) is 0 Å². The van der Waals surface area contributed by atoms with Crippen molar-refractivity contribution < 1.29 is 5.11 Å². The maximum Gasteiger partial charge on any atom is 0.275 e. The molecule has 1 N–H and O–H groups in total. The van der Waals surface area contributed by atoms with E-state index in [2.05, 4.69) is 41.5 Å². The zero-order valence-electron chi connectivity index (χ0n) is 27.6. The highest BCUT2D eigenvalue weighted by atomic mass is 16.3. The average Bonchev–Trinajstić information content (AvgIpc) is 3.31. The Labute approximate surface area is 259 Å². The molecule has 0 fully saturated rings. The van der Waals surface area contributed by atoms with Crippen LogP contribution in [0.2, 0.25) is 0 Å². The third kappa shape index (κ3) is 5.04. The molecular weight excluding hydrogens is 548 g/mol. The van der Waals surface area contributed by atoms with Crippen molar-refractivity contribution >= 4 is 0 Å². The summed E-state index contributed by atoms with van der Waals surface area (Å²) in [4.78, 5) is 29.2. The zero-order valence-corrected chi connectivity index (χ0v) is 27.6. The molecule has 7 nitrogen and oxygen atoms in total. The Balaban J connectivity index is 1.95. The van der Waals surface area contributed by atoms with Gasteiger partial charge in [0.1, 0.15) is 5.75 Å². The molecule has 5 aromatic rings. The van der Waals surface area contributed by atoms with Gasteiger partial charge < -0.3 is 5.11 Å². The van der Waals surface area contributed by atoms with Gasteiger partial charge in [0.25, 0.3) is 11.1 Å². The number of para-hydroxylation sites is 2. The van der Waals surface area contributed by atoms with Crippen LogP contribution in [-0.2, 0) is 24.9 Å². The predicted octanol–water partition coefficient (Wildman–Crippen LogP) is 6.76. The summed E-state index contributed by atoms with van der Waals surface area (Å²) in [5.41, 5.74) is 5.30. The second kappa shape index (κ2) is 10.9. The maximum atomic E-state index is 14.6. The van der Waals surface area contributed by atoms with Crippen LogP contribution in [0.5, 0.6) is 5.75 Å². The first-order valence-electron chi connectivity index (χ1n) is 15.1. The minimum absolute atomic E-state index is 0.183. The summed E-state index contributed by atoms with van der Waals surface area (Å²) < 4.78 is 7.07. The molecule has 44 heavy (non-hydrogen) atoms. The van der Waals surface area contributed by atoms with E-state index in [1.54, 1.807) is 9.36 Å². The standard InChI is InChI=1S/C37H44N4O3/c1-23-30(34(43)40(38(23)9)26-17-13-11-14-18-26)32(25-21-28(36(3,4)5)33(42)29(22-25)37(6,7)8)31-24(2)39(10)41(35(31)44)27-19-15-12-16-20-27/h11-22,32,42H,1-10H3. The molecule has 2 aromatic heterocycles. The summed E-state index contributed by atoms with van der Waals surface area (Å²) in [5.74, 6) is -0.435. The van der Waals surface area contributed by atoms with Crippen LogP contribution in [-0.4, -0.2) is 23.8 Å². The topological polar surface area (TPSA) is 74.1 Å². The van der Waals surface area contributed by atoms with Crippen LogP contribution in [0.25, 0.3) is 11.4 Å². The fourth-order valence-electron chi connectivity index (χ4n) is 6.29. The molecule has 7 heteroatoms. The van der Waals surface area contributed by atoms with Gasteiger partial charge in [-0.1, -0.05) is 90.1 Å². The molecule has 5 rings (SSSR count). The molecule has 0 aliphatic carbocycles. The molecule has 0 bridgehead atoms. The second-order valence-electron chi connectivity index (χ2n) is 13.8. The van der Waals surface area contributed by atoms with Gasteiger partial charge in [-0.3, -0.25) is 19.0 Å². The number of phenolic OH excluding ortho intramolecular Hbond substituents is 1. The Bertz CT molecular complexity index is 1820. The average molecular weight is 593 g/mol. The van der Waals surface area contributed by atoms with E-state index in [0.29, 0.717) is 11.1 Å². The highest BCUT2D eigenvalue weighted by molar-refractivity contribution is 5.56. The Hall–Kier alpha value is -4.52. The van der Waals surface area contributed by atoms with Crippen LogP contribution in [0.15, 0.2) is 82.4 Å². The normalized spacial score (nSPS) is 12.3. The molecule has 0 saturated carbocycles. The Morgan fingerprint density at radius 3 is 1.27 bits per heavy atom. The highest BCUT2D eigenvalue weighted by Crippen LogP contribution is 2.43. The molecule has 230 valence electrons. The fourth-order valence-corrected chi connectivity index (χ4v) is 6.29. The molecule has 3 aromatic carbocycles. The number of nitrogens with zero attached hydrogens (tertiary/aromatic N) is 4. The van der Waals surface area contributed by atoms with Gasteiger partial charge in [-0.15, -0.1) is 0 Å². The molecule has 0 saturated heterocycles. The van der Waals surface area contributed by atoms with Crippen LogP contribution in [0.1, 0.15) is 86.7 Å². The Morgan fingerprint density at radius 2 is 0.955 bits per heavy atom. The van der Waals surface area contributed by atoms with Crippen molar-refractivity contribution in [2.45, 2.75) is 72.1 Å². The fraction of sp³-hybridized carbons (Fsp3) is 0.351. The van der Waals surface area contributed by atoms with E-state index in [1.807, 2.05) is 110 Å². The summed E-state index contributed by atoms with van der Waals surface area (Å²) in [5, 5.41) is 11.6. The first-order chi connectivity index (χ1) is 20.6. The highest BCUT2D eigenvalue weighted by Gasteiger charge is 2.35. The number of hydrogen-bond acceptors (Lipinski definition) is 3. The van der Waals surface area contributed by atoms with Crippen molar-refractivity contribution in [3.8, 4) is 17.1 Å².